The molecule has 0 aliphatic carbocycles. The van der Waals surface area contributed by atoms with Gasteiger partial charge in [-0.1, -0.05) is 29.5 Å². The van der Waals surface area contributed by atoms with E-state index in [-0.39, 0.29) is 5.97 Å². The van der Waals surface area contributed by atoms with Crippen LogP contribution in [0.25, 0.3) is 0 Å². The lowest BCUT2D eigenvalue weighted by atomic mass is 10.4. The van der Waals surface area contributed by atoms with Gasteiger partial charge in [-0.2, -0.15) is 0 Å². The second-order valence-electron chi connectivity index (χ2n) is 3.01. The van der Waals surface area contributed by atoms with Crippen molar-refractivity contribution in [3.8, 4) is 0 Å². The minimum atomic E-state index is -0.345. The summed E-state index contributed by atoms with van der Waals surface area (Å²) in [7, 11) is 3.07. The van der Waals surface area contributed by atoms with Crippen LogP contribution in [0.15, 0.2) is 40.4 Å². The van der Waals surface area contributed by atoms with Crippen molar-refractivity contribution in [2.24, 2.45) is 4.99 Å². The Morgan fingerprint density at radius 3 is 2.76 bits per heavy atom. The van der Waals surface area contributed by atoms with E-state index in [1.807, 2.05) is 25.2 Å². The molecule has 3 nitrogen and oxygen atoms in total. The van der Waals surface area contributed by atoms with Gasteiger partial charge >= 0.3 is 5.97 Å². The number of rotatable bonds is 8. The van der Waals surface area contributed by atoms with Gasteiger partial charge in [0.05, 0.1) is 0 Å². The van der Waals surface area contributed by atoms with Crippen molar-refractivity contribution in [2.45, 2.75) is 13.8 Å². The summed E-state index contributed by atoms with van der Waals surface area (Å²) in [5.41, 5.74) is 0.420. The van der Waals surface area contributed by atoms with Gasteiger partial charge in [0.1, 0.15) is 11.6 Å². The Hall–Kier alpha value is -0.940. The molecule has 0 aromatic heterocycles. The quantitative estimate of drug-likeness (QED) is 0.169. The second-order valence-corrected chi connectivity index (χ2v) is 5.45. The Labute approximate surface area is 111 Å². The van der Waals surface area contributed by atoms with Crippen molar-refractivity contribution in [1.82, 2.24) is 0 Å². The topological polar surface area (TPSA) is 38.7 Å². The van der Waals surface area contributed by atoms with E-state index in [9.17, 15) is 4.79 Å². The number of aliphatic imine (C=N–C) groups is 1. The van der Waals surface area contributed by atoms with Crippen molar-refractivity contribution in [1.29, 1.82) is 0 Å². The zero-order valence-corrected chi connectivity index (χ0v) is 11.8. The predicted octanol–water partition coefficient (Wildman–Crippen LogP) is 3.61. The molecule has 0 bridgehead atoms. The van der Waals surface area contributed by atoms with Crippen LogP contribution in [0, 0.1) is 0 Å². The molecule has 0 atom stereocenters. The van der Waals surface area contributed by atoms with Crippen LogP contribution in [0.2, 0.25) is 0 Å². The summed E-state index contributed by atoms with van der Waals surface area (Å²) in [5, 5.41) is 0.833. The monoisotopic (exact) mass is 271 g/mol. The summed E-state index contributed by atoms with van der Waals surface area (Å²) in [6.07, 6.45) is 5.70. The van der Waals surface area contributed by atoms with Crippen molar-refractivity contribution in [3.63, 3.8) is 0 Å². The first-order valence-electron chi connectivity index (χ1n) is 5.03. The van der Waals surface area contributed by atoms with Gasteiger partial charge in [-0.25, -0.2) is 4.79 Å². The van der Waals surface area contributed by atoms with E-state index in [0.717, 1.165) is 5.03 Å². The second kappa shape index (κ2) is 10.2. The Morgan fingerprint density at radius 1 is 1.53 bits per heavy atom. The van der Waals surface area contributed by atoms with E-state index in [1.54, 1.807) is 17.7 Å². The molecule has 0 spiro atoms. The number of hydrogen-bond acceptors (Lipinski definition) is 5. The normalized spacial score (nSPS) is 11.5. The minimum absolute atomic E-state index is 0.345. The molecule has 0 radical (unpaired) electrons. The first kappa shape index (κ1) is 16.1. The summed E-state index contributed by atoms with van der Waals surface area (Å²) in [6, 6.07) is 0. The fourth-order valence-corrected chi connectivity index (χ4v) is 2.36. The molecule has 0 unspecified atom stereocenters. The van der Waals surface area contributed by atoms with Gasteiger partial charge in [-0.15, -0.1) is 0 Å². The molecule has 0 aromatic carbocycles. The number of esters is 1. The van der Waals surface area contributed by atoms with E-state index < -0.39 is 0 Å². The molecule has 0 aromatic rings. The summed E-state index contributed by atoms with van der Waals surface area (Å²) in [5.74, 6) is 0.356. The van der Waals surface area contributed by atoms with E-state index >= 15 is 0 Å². The molecule has 0 aliphatic rings. The Kier molecular flexibility index (Phi) is 9.66. The van der Waals surface area contributed by atoms with Crippen LogP contribution in [-0.4, -0.2) is 25.0 Å². The molecular weight excluding hydrogens is 254 g/mol. The molecule has 94 valence electrons. The fourth-order valence-electron chi connectivity index (χ4n) is 0.679. The SMILES string of the molecule is C=N/C(=C\C=C/C)SSCCOC(=O)C(=C)C. The average Bonchev–Trinajstić information content (AvgIpc) is 2.32. The van der Waals surface area contributed by atoms with Gasteiger partial charge < -0.3 is 4.74 Å². The maximum Gasteiger partial charge on any atom is 0.333 e. The number of carbonyl (C=O) groups excluding carboxylic acids is 1. The molecule has 0 saturated carbocycles. The fraction of sp³-hybridized carbons (Fsp3) is 0.333. The van der Waals surface area contributed by atoms with Crippen LogP contribution < -0.4 is 0 Å². The molecule has 0 amide bonds. The Bertz CT molecular complexity index is 335. The Morgan fingerprint density at radius 2 is 2.24 bits per heavy atom. The maximum absolute atomic E-state index is 11.1. The third-order valence-corrected chi connectivity index (χ3v) is 3.73. The van der Waals surface area contributed by atoms with Crippen molar-refractivity contribution in [3.05, 3.63) is 35.4 Å². The highest BCUT2D eigenvalue weighted by molar-refractivity contribution is 8.78. The molecule has 17 heavy (non-hydrogen) atoms. The largest absolute Gasteiger partial charge is 0.461 e. The van der Waals surface area contributed by atoms with Gasteiger partial charge in [-0.3, -0.25) is 4.99 Å². The molecule has 0 heterocycles. The molecule has 0 rings (SSSR count). The predicted molar refractivity (Wildman–Crippen MR) is 78.3 cm³/mol. The van der Waals surface area contributed by atoms with Crippen LogP contribution in [0.5, 0.6) is 0 Å². The zero-order valence-electron chi connectivity index (χ0n) is 10.1. The van der Waals surface area contributed by atoms with Gasteiger partial charge in [0, 0.05) is 11.3 Å². The van der Waals surface area contributed by atoms with Gasteiger partial charge in [0.25, 0.3) is 0 Å². The lowest BCUT2D eigenvalue weighted by molar-refractivity contribution is -0.138. The highest BCUT2D eigenvalue weighted by Crippen LogP contribution is 2.30. The molecule has 0 saturated heterocycles. The molecular formula is C12H17NO2S2. The highest BCUT2D eigenvalue weighted by Gasteiger charge is 2.02. The van der Waals surface area contributed by atoms with E-state index in [1.165, 1.54) is 10.8 Å². The van der Waals surface area contributed by atoms with Crippen LogP contribution in [0.3, 0.4) is 0 Å². The van der Waals surface area contributed by atoms with E-state index in [2.05, 4.69) is 18.3 Å². The molecule has 0 N–H and O–H groups in total. The van der Waals surface area contributed by atoms with E-state index in [4.69, 9.17) is 4.74 Å². The zero-order chi connectivity index (χ0) is 13.1. The average molecular weight is 271 g/mol. The van der Waals surface area contributed by atoms with Crippen molar-refractivity contribution < 1.29 is 9.53 Å². The first-order valence-corrected chi connectivity index (χ1v) is 7.35. The van der Waals surface area contributed by atoms with Crippen LogP contribution in [-0.2, 0) is 9.53 Å². The van der Waals surface area contributed by atoms with Crippen LogP contribution in [0.4, 0.5) is 0 Å². The summed E-state index contributed by atoms with van der Waals surface area (Å²) >= 11 is 0. The number of allylic oxidation sites excluding steroid dienone is 3. The molecule has 5 heteroatoms. The first-order chi connectivity index (χ1) is 8.11. The summed E-state index contributed by atoms with van der Waals surface area (Å²) < 4.78 is 4.95. The Balaban J connectivity index is 3.73. The summed E-state index contributed by atoms with van der Waals surface area (Å²) in [4.78, 5) is 14.9. The van der Waals surface area contributed by atoms with Crippen LogP contribution >= 0.6 is 21.6 Å². The van der Waals surface area contributed by atoms with Crippen molar-refractivity contribution in [2.75, 3.05) is 12.4 Å². The standard InChI is InChI=1S/C12H17NO2S2/c1-5-6-7-11(13-4)17-16-9-8-15-12(14)10(2)3/h5-7H,2,4,8-9H2,1,3H3/b6-5-,11-7+. The van der Waals surface area contributed by atoms with Crippen LogP contribution in [0.1, 0.15) is 13.8 Å². The van der Waals surface area contributed by atoms with Gasteiger partial charge in [0.15, 0.2) is 0 Å². The van der Waals surface area contributed by atoms with Gasteiger partial charge in [-0.05, 0) is 37.4 Å². The summed E-state index contributed by atoms with van der Waals surface area (Å²) in [6.45, 7) is 10.9. The number of ether oxygens (including phenoxy) is 1. The number of carbonyl (C=O) groups is 1. The third kappa shape index (κ3) is 8.83. The smallest absolute Gasteiger partial charge is 0.333 e. The van der Waals surface area contributed by atoms with Gasteiger partial charge in [0.2, 0.25) is 0 Å². The highest BCUT2D eigenvalue weighted by atomic mass is 33.1. The lowest BCUT2D eigenvalue weighted by Crippen LogP contribution is -2.07. The maximum atomic E-state index is 11.1. The lowest BCUT2D eigenvalue weighted by Gasteiger charge is -2.03. The molecule has 0 aliphatic heterocycles. The molecule has 0 fully saturated rings. The number of nitrogens with zero attached hydrogens (tertiary/aromatic N) is 1. The third-order valence-electron chi connectivity index (χ3n) is 1.48. The minimum Gasteiger partial charge on any atom is -0.461 e. The van der Waals surface area contributed by atoms with E-state index in [0.29, 0.717) is 17.9 Å². The number of hydrogen-bond donors (Lipinski definition) is 0. The van der Waals surface area contributed by atoms with Crippen molar-refractivity contribution >= 4 is 34.3 Å².